The maximum Gasteiger partial charge on any atom is 0.239 e. The third kappa shape index (κ3) is 6.11. The number of nitrogens with zero attached hydrogens (tertiary/aromatic N) is 2. The molecule has 2 aromatic rings. The van der Waals surface area contributed by atoms with Gasteiger partial charge < -0.3 is 10.1 Å². The minimum absolute atomic E-state index is 0.105. The first-order valence-corrected chi connectivity index (χ1v) is 11.4. The Morgan fingerprint density at radius 2 is 1.83 bits per heavy atom. The highest BCUT2D eigenvalue weighted by Gasteiger charge is 2.24. The Morgan fingerprint density at radius 3 is 2.45 bits per heavy atom. The van der Waals surface area contributed by atoms with Gasteiger partial charge in [0.15, 0.2) is 11.6 Å². The van der Waals surface area contributed by atoms with Crippen LogP contribution in [0.3, 0.4) is 0 Å². The zero-order valence-corrected chi connectivity index (χ0v) is 17.5. The molecule has 1 fully saturated rings. The average Bonchev–Trinajstić information content (AvgIpc) is 2.70. The van der Waals surface area contributed by atoms with Crippen molar-refractivity contribution in [3.05, 3.63) is 42.2 Å². The molecule has 0 bridgehead atoms. The summed E-state index contributed by atoms with van der Waals surface area (Å²) < 4.78 is 45.5. The molecule has 0 unspecified atom stereocenters. The Hall–Kier alpha value is -2.26. The number of ether oxygens (including phenoxy) is 1. The van der Waals surface area contributed by atoms with E-state index in [0.29, 0.717) is 18.3 Å². The molecule has 0 aliphatic heterocycles. The van der Waals surface area contributed by atoms with Crippen molar-refractivity contribution in [3.63, 3.8) is 0 Å². The smallest absolute Gasteiger partial charge is 0.239 e. The van der Waals surface area contributed by atoms with Gasteiger partial charge in [-0.15, -0.1) is 10.2 Å². The zero-order valence-electron chi connectivity index (χ0n) is 16.6. The van der Waals surface area contributed by atoms with Crippen molar-refractivity contribution in [2.24, 2.45) is 5.92 Å². The molecule has 3 rings (SSSR count). The Labute approximate surface area is 171 Å². The zero-order chi connectivity index (χ0) is 20.9. The molecule has 0 radical (unpaired) electrons. The van der Waals surface area contributed by atoms with Crippen LogP contribution in [0.25, 0.3) is 0 Å². The Morgan fingerprint density at radius 1 is 1.10 bits per heavy atom. The summed E-state index contributed by atoms with van der Waals surface area (Å²) >= 11 is 0. The van der Waals surface area contributed by atoms with Gasteiger partial charge in [0.05, 0.1) is 5.25 Å². The minimum Gasteiger partial charge on any atom is -0.434 e. The number of para-hydroxylation sites is 1. The number of rotatable bonds is 8. The van der Waals surface area contributed by atoms with Crippen LogP contribution in [0.2, 0.25) is 0 Å². The summed E-state index contributed by atoms with van der Waals surface area (Å²) in [7, 11) is -3.21. The summed E-state index contributed by atoms with van der Waals surface area (Å²) in [5.41, 5.74) is 0. The monoisotopic (exact) mass is 422 g/mol. The molecule has 158 valence electrons. The van der Waals surface area contributed by atoms with Gasteiger partial charge in [-0.3, -0.25) is 0 Å². The lowest BCUT2D eigenvalue weighted by Gasteiger charge is -2.29. The summed E-state index contributed by atoms with van der Waals surface area (Å²) in [6.45, 7) is 3.85. The van der Waals surface area contributed by atoms with Gasteiger partial charge in [0, 0.05) is 18.7 Å². The lowest BCUT2D eigenvalue weighted by Crippen LogP contribution is -2.37. The van der Waals surface area contributed by atoms with E-state index in [0.717, 1.165) is 25.7 Å². The topological polar surface area (TPSA) is 93.2 Å². The largest absolute Gasteiger partial charge is 0.434 e. The summed E-state index contributed by atoms with van der Waals surface area (Å²) in [5, 5.41) is 11.0. The second-order valence-electron chi connectivity index (χ2n) is 7.59. The summed E-state index contributed by atoms with van der Waals surface area (Å²) in [6.07, 6.45) is 3.76. The van der Waals surface area contributed by atoms with E-state index in [9.17, 15) is 12.8 Å². The normalized spacial score (nSPS) is 19.9. The van der Waals surface area contributed by atoms with Crippen molar-refractivity contribution in [1.82, 2.24) is 14.9 Å². The highest BCUT2D eigenvalue weighted by atomic mass is 32.2. The van der Waals surface area contributed by atoms with Gasteiger partial charge in [0.1, 0.15) is 5.82 Å². The number of sulfonamides is 1. The molecule has 1 aliphatic rings. The molecular formula is C20H27FN4O3S. The maximum absolute atomic E-state index is 13.6. The van der Waals surface area contributed by atoms with Gasteiger partial charge in [-0.1, -0.05) is 12.1 Å². The molecule has 29 heavy (non-hydrogen) atoms. The predicted molar refractivity (Wildman–Crippen MR) is 110 cm³/mol. The first-order chi connectivity index (χ1) is 13.8. The van der Waals surface area contributed by atoms with Crippen LogP contribution in [0.15, 0.2) is 36.4 Å². The third-order valence-corrected chi connectivity index (χ3v) is 6.89. The SMILES string of the molecule is CC(C)S(=O)(=O)NC[C@H]1CC[C@H](Nc2ccc(Oc3ccccc3F)nn2)CC1. The van der Waals surface area contributed by atoms with E-state index in [1.165, 1.54) is 12.1 Å². The third-order valence-electron chi connectivity index (χ3n) is 5.08. The van der Waals surface area contributed by atoms with E-state index in [1.54, 1.807) is 38.1 Å². The van der Waals surface area contributed by atoms with Crippen LogP contribution in [0.4, 0.5) is 10.2 Å². The fourth-order valence-corrected chi connectivity index (χ4v) is 4.01. The number of halogens is 1. The average molecular weight is 423 g/mol. The molecular weight excluding hydrogens is 395 g/mol. The maximum atomic E-state index is 13.6. The molecule has 2 N–H and O–H groups in total. The van der Waals surface area contributed by atoms with Crippen LogP contribution in [-0.4, -0.2) is 36.5 Å². The van der Waals surface area contributed by atoms with Gasteiger partial charge in [0.2, 0.25) is 15.9 Å². The van der Waals surface area contributed by atoms with Gasteiger partial charge in [0.25, 0.3) is 0 Å². The van der Waals surface area contributed by atoms with E-state index < -0.39 is 21.1 Å². The van der Waals surface area contributed by atoms with E-state index in [4.69, 9.17) is 4.74 Å². The highest BCUT2D eigenvalue weighted by molar-refractivity contribution is 7.90. The van der Waals surface area contributed by atoms with Crippen LogP contribution in [0.5, 0.6) is 11.6 Å². The second kappa shape index (κ2) is 9.49. The molecule has 1 saturated carbocycles. The van der Waals surface area contributed by atoms with E-state index >= 15 is 0 Å². The molecule has 0 saturated heterocycles. The van der Waals surface area contributed by atoms with Gasteiger partial charge in [-0.05, 0) is 63.6 Å². The van der Waals surface area contributed by atoms with Crippen molar-refractivity contribution >= 4 is 15.8 Å². The summed E-state index contributed by atoms with van der Waals surface area (Å²) in [4.78, 5) is 0. The van der Waals surface area contributed by atoms with Crippen LogP contribution < -0.4 is 14.8 Å². The number of anilines is 1. The molecule has 1 aromatic carbocycles. The molecule has 1 aromatic heterocycles. The first kappa shape index (κ1) is 21.4. The molecule has 9 heteroatoms. The van der Waals surface area contributed by atoms with Gasteiger partial charge in [-0.2, -0.15) is 0 Å². The van der Waals surface area contributed by atoms with Crippen LogP contribution in [0.1, 0.15) is 39.5 Å². The summed E-state index contributed by atoms with van der Waals surface area (Å²) in [5.74, 6) is 0.860. The number of benzene rings is 1. The molecule has 0 spiro atoms. The van der Waals surface area contributed by atoms with Crippen molar-refractivity contribution in [2.75, 3.05) is 11.9 Å². The van der Waals surface area contributed by atoms with Gasteiger partial charge >= 0.3 is 0 Å². The number of hydrogen-bond acceptors (Lipinski definition) is 6. The second-order valence-corrected chi connectivity index (χ2v) is 9.92. The van der Waals surface area contributed by atoms with Crippen molar-refractivity contribution < 1.29 is 17.5 Å². The van der Waals surface area contributed by atoms with Crippen LogP contribution in [0, 0.1) is 11.7 Å². The van der Waals surface area contributed by atoms with E-state index in [-0.39, 0.29) is 17.7 Å². The minimum atomic E-state index is -3.21. The molecule has 7 nitrogen and oxygen atoms in total. The quantitative estimate of drug-likeness (QED) is 0.674. The number of hydrogen-bond donors (Lipinski definition) is 2. The molecule has 1 heterocycles. The summed E-state index contributed by atoms with van der Waals surface area (Å²) in [6, 6.07) is 9.80. The number of nitrogens with one attached hydrogen (secondary N) is 2. The molecule has 0 amide bonds. The fourth-order valence-electron chi connectivity index (χ4n) is 3.21. The lowest BCUT2D eigenvalue weighted by atomic mass is 9.86. The Balaban J connectivity index is 1.45. The standard InChI is InChI=1S/C20H27FN4O3S/c1-14(2)29(26,27)22-13-15-7-9-16(10-8-15)23-19-11-12-20(25-24-19)28-18-6-4-3-5-17(18)21/h3-6,11-12,14-16,22H,7-10,13H2,1-2H3,(H,23,24)/t15-,16-. The van der Waals surface area contributed by atoms with E-state index in [2.05, 4.69) is 20.2 Å². The number of aromatic nitrogens is 2. The van der Waals surface area contributed by atoms with Crippen molar-refractivity contribution in [2.45, 2.75) is 50.8 Å². The molecule has 0 atom stereocenters. The fraction of sp³-hybridized carbons (Fsp3) is 0.500. The lowest BCUT2D eigenvalue weighted by molar-refractivity contribution is 0.336. The van der Waals surface area contributed by atoms with Crippen molar-refractivity contribution in [3.8, 4) is 11.6 Å². The Kier molecular flexibility index (Phi) is 7.02. The van der Waals surface area contributed by atoms with Crippen LogP contribution >= 0.6 is 0 Å². The van der Waals surface area contributed by atoms with E-state index in [1.807, 2.05) is 0 Å². The van der Waals surface area contributed by atoms with Crippen molar-refractivity contribution in [1.29, 1.82) is 0 Å². The van der Waals surface area contributed by atoms with Crippen LogP contribution in [-0.2, 0) is 10.0 Å². The Bertz CT molecular complexity index is 898. The predicted octanol–water partition coefficient (Wildman–Crippen LogP) is 3.71. The highest BCUT2D eigenvalue weighted by Crippen LogP contribution is 2.27. The van der Waals surface area contributed by atoms with Gasteiger partial charge in [-0.25, -0.2) is 17.5 Å². The molecule has 1 aliphatic carbocycles. The first-order valence-electron chi connectivity index (χ1n) is 9.84.